The Bertz CT molecular complexity index is 134. The molecule has 0 unspecified atom stereocenters. The first-order valence-corrected chi connectivity index (χ1v) is 3.41. The van der Waals surface area contributed by atoms with Crippen molar-refractivity contribution in [3.8, 4) is 0 Å². The second-order valence-electron chi connectivity index (χ2n) is 1.74. The van der Waals surface area contributed by atoms with Crippen LogP contribution in [-0.4, -0.2) is 0 Å². The predicted octanol–water partition coefficient (Wildman–Crippen LogP) is 2.52. The number of hydrogen-bond acceptors (Lipinski definition) is 4. The van der Waals surface area contributed by atoms with Crippen LogP contribution in [0.4, 0.5) is 0 Å². The van der Waals surface area contributed by atoms with E-state index in [2.05, 4.69) is 34.2 Å². The van der Waals surface area contributed by atoms with Gasteiger partial charge in [-0.1, -0.05) is 0 Å². The maximum absolute atomic E-state index is 4.58. The first-order chi connectivity index (χ1) is 4.70. The van der Waals surface area contributed by atoms with Gasteiger partial charge in [-0.3, -0.25) is 0 Å². The monoisotopic (exact) mass is 178 g/mol. The van der Waals surface area contributed by atoms with E-state index in [0.29, 0.717) is 11.5 Å². The van der Waals surface area contributed by atoms with Crippen molar-refractivity contribution in [3.63, 3.8) is 0 Å². The average Bonchev–Trinajstić information content (AvgIpc) is 1.99. The first-order valence-electron chi connectivity index (χ1n) is 2.68. The normalized spacial score (nSPS) is 13.2. The van der Waals surface area contributed by atoms with Crippen molar-refractivity contribution in [2.75, 3.05) is 0 Å². The highest BCUT2D eigenvalue weighted by molar-refractivity contribution is 7.75. The van der Waals surface area contributed by atoms with Crippen LogP contribution in [0.1, 0.15) is 13.8 Å². The second kappa shape index (κ2) is 5.56. The third-order valence-corrected chi connectivity index (χ3v) is 1.42. The zero-order valence-corrected chi connectivity index (χ0v) is 7.65. The molecule has 0 saturated heterocycles. The molecule has 0 atom stereocenters. The Morgan fingerprint density at radius 2 is 1.30 bits per heavy atom. The van der Waals surface area contributed by atoms with Gasteiger partial charge in [0.2, 0.25) is 0 Å². The minimum Gasteiger partial charge on any atom is -0.434 e. The molecule has 0 aromatic rings. The van der Waals surface area contributed by atoms with Crippen molar-refractivity contribution in [1.82, 2.24) is 0 Å². The molecule has 10 heavy (non-hydrogen) atoms. The van der Waals surface area contributed by atoms with E-state index in [9.17, 15) is 0 Å². The van der Waals surface area contributed by atoms with Gasteiger partial charge in [-0.25, -0.2) is 0 Å². The van der Waals surface area contributed by atoms with Crippen LogP contribution in [-0.2, 0) is 8.37 Å². The number of hydrogen-bond donors (Lipinski definition) is 2. The molecule has 0 aromatic heterocycles. The Hall–Kier alpha value is -0.220. The molecule has 0 bridgehead atoms. The van der Waals surface area contributed by atoms with E-state index in [0.717, 1.165) is 0 Å². The molecule has 58 valence electrons. The predicted molar refractivity (Wildman–Crippen MR) is 47.7 cm³/mol. The van der Waals surface area contributed by atoms with E-state index in [1.165, 1.54) is 0 Å². The SMILES string of the molecule is C/C(=C\C=C(/C)OS)OS. The molecule has 0 saturated carbocycles. The van der Waals surface area contributed by atoms with Gasteiger partial charge in [-0.15, -0.1) is 0 Å². The fraction of sp³-hybridized carbons (Fsp3) is 0.333. The van der Waals surface area contributed by atoms with Crippen molar-refractivity contribution in [1.29, 1.82) is 0 Å². The van der Waals surface area contributed by atoms with E-state index in [1.54, 1.807) is 26.0 Å². The summed E-state index contributed by atoms with van der Waals surface area (Å²) in [5, 5.41) is 0. The lowest BCUT2D eigenvalue weighted by molar-refractivity contribution is 0.502. The highest BCUT2D eigenvalue weighted by atomic mass is 32.1. The molecular formula is C6H10O2S2. The highest BCUT2D eigenvalue weighted by Crippen LogP contribution is 2.02. The molecular weight excluding hydrogens is 168 g/mol. The quantitative estimate of drug-likeness (QED) is 0.299. The van der Waals surface area contributed by atoms with Crippen LogP contribution in [0.2, 0.25) is 0 Å². The van der Waals surface area contributed by atoms with Gasteiger partial charge in [0.15, 0.2) is 0 Å². The van der Waals surface area contributed by atoms with Gasteiger partial charge in [0.05, 0.1) is 0 Å². The van der Waals surface area contributed by atoms with Crippen molar-refractivity contribution >= 4 is 25.8 Å². The molecule has 0 aliphatic rings. The third kappa shape index (κ3) is 4.64. The minimum atomic E-state index is 0.702. The van der Waals surface area contributed by atoms with Gasteiger partial charge in [-0.2, -0.15) is 0 Å². The topological polar surface area (TPSA) is 18.5 Å². The van der Waals surface area contributed by atoms with Crippen LogP contribution < -0.4 is 0 Å². The first kappa shape index (κ1) is 9.78. The van der Waals surface area contributed by atoms with Crippen LogP contribution in [0.5, 0.6) is 0 Å². The summed E-state index contributed by atoms with van der Waals surface area (Å²) >= 11 is 7.18. The second-order valence-corrected chi connectivity index (χ2v) is 2.10. The summed E-state index contributed by atoms with van der Waals surface area (Å²) in [6.45, 7) is 3.57. The van der Waals surface area contributed by atoms with Gasteiger partial charge in [0.25, 0.3) is 0 Å². The fourth-order valence-corrected chi connectivity index (χ4v) is 0.417. The van der Waals surface area contributed by atoms with Crippen LogP contribution >= 0.6 is 25.8 Å². The van der Waals surface area contributed by atoms with Crippen LogP contribution in [0.25, 0.3) is 0 Å². The maximum Gasteiger partial charge on any atom is 0.111 e. The Morgan fingerprint density at radius 1 is 1.00 bits per heavy atom. The molecule has 0 spiro atoms. The van der Waals surface area contributed by atoms with E-state index in [1.807, 2.05) is 0 Å². The summed E-state index contributed by atoms with van der Waals surface area (Å²) in [4.78, 5) is 0. The number of allylic oxidation sites excluding steroid dienone is 4. The van der Waals surface area contributed by atoms with Gasteiger partial charge in [-0.05, 0) is 26.0 Å². The number of rotatable bonds is 3. The summed E-state index contributed by atoms with van der Waals surface area (Å²) in [6, 6.07) is 0. The summed E-state index contributed by atoms with van der Waals surface area (Å²) in [7, 11) is 0. The van der Waals surface area contributed by atoms with E-state index < -0.39 is 0 Å². The fourth-order valence-electron chi connectivity index (χ4n) is 0.296. The maximum atomic E-state index is 4.58. The molecule has 0 radical (unpaired) electrons. The van der Waals surface area contributed by atoms with Gasteiger partial charge >= 0.3 is 0 Å². The van der Waals surface area contributed by atoms with Crippen molar-refractivity contribution < 1.29 is 8.37 Å². The molecule has 0 heterocycles. The van der Waals surface area contributed by atoms with Gasteiger partial charge in [0.1, 0.15) is 11.5 Å². The molecule has 2 nitrogen and oxygen atoms in total. The summed E-state index contributed by atoms with van der Waals surface area (Å²) < 4.78 is 9.15. The molecule has 0 amide bonds. The molecule has 4 heteroatoms. The summed E-state index contributed by atoms with van der Waals surface area (Å²) in [6.07, 6.45) is 3.47. The molecule has 0 aromatic carbocycles. The Morgan fingerprint density at radius 3 is 1.50 bits per heavy atom. The minimum absolute atomic E-state index is 0.702. The molecule has 0 N–H and O–H groups in total. The van der Waals surface area contributed by atoms with E-state index >= 15 is 0 Å². The summed E-state index contributed by atoms with van der Waals surface area (Å²) in [5.74, 6) is 1.40. The smallest absolute Gasteiger partial charge is 0.111 e. The third-order valence-electron chi connectivity index (χ3n) is 0.841. The standard InChI is InChI=1S/C6H10O2S2/c1-5(7-9)3-4-6(2)8-10/h3-4,9-10H,1-2H3/b5-3+,6-4+. The Labute approximate surface area is 72.1 Å². The van der Waals surface area contributed by atoms with Crippen LogP contribution in [0, 0.1) is 0 Å². The lowest BCUT2D eigenvalue weighted by Crippen LogP contribution is -1.74. The lowest BCUT2D eigenvalue weighted by Gasteiger charge is -1.94. The average molecular weight is 178 g/mol. The van der Waals surface area contributed by atoms with Gasteiger partial charge < -0.3 is 8.37 Å². The Balaban J connectivity index is 3.91. The molecule has 0 aliphatic carbocycles. The van der Waals surface area contributed by atoms with E-state index in [-0.39, 0.29) is 0 Å². The molecule has 0 rings (SSSR count). The van der Waals surface area contributed by atoms with E-state index in [4.69, 9.17) is 0 Å². The Kier molecular flexibility index (Phi) is 5.43. The van der Waals surface area contributed by atoms with Crippen molar-refractivity contribution in [3.05, 3.63) is 23.7 Å². The molecule has 0 aliphatic heterocycles. The van der Waals surface area contributed by atoms with Crippen LogP contribution in [0.15, 0.2) is 23.7 Å². The van der Waals surface area contributed by atoms with Gasteiger partial charge in [0, 0.05) is 25.8 Å². The highest BCUT2D eigenvalue weighted by Gasteiger charge is 1.84. The van der Waals surface area contributed by atoms with Crippen molar-refractivity contribution in [2.24, 2.45) is 0 Å². The van der Waals surface area contributed by atoms with Crippen molar-refractivity contribution in [2.45, 2.75) is 13.8 Å². The molecule has 0 fully saturated rings. The largest absolute Gasteiger partial charge is 0.434 e. The zero-order valence-electron chi connectivity index (χ0n) is 5.87. The lowest BCUT2D eigenvalue weighted by atomic mass is 10.4. The number of thiol groups is 2. The zero-order chi connectivity index (χ0) is 7.98. The summed E-state index contributed by atoms with van der Waals surface area (Å²) in [5.41, 5.74) is 0. The van der Waals surface area contributed by atoms with Crippen LogP contribution in [0.3, 0.4) is 0 Å².